The van der Waals surface area contributed by atoms with Crippen molar-refractivity contribution in [3.8, 4) is 0 Å². The van der Waals surface area contributed by atoms with Gasteiger partial charge >= 0.3 is 0 Å². The van der Waals surface area contributed by atoms with Crippen molar-refractivity contribution in [3.05, 3.63) is 58.4 Å². The SMILES string of the molecule is CCc1noc(CNc2ccccc2NC(=O)c2cccs2)n1. The summed E-state index contributed by atoms with van der Waals surface area (Å²) in [7, 11) is 0. The molecule has 2 aromatic heterocycles. The number of nitrogens with zero attached hydrogens (tertiary/aromatic N) is 2. The zero-order valence-corrected chi connectivity index (χ0v) is 13.4. The fourth-order valence-electron chi connectivity index (χ4n) is 2.01. The number of carbonyl (C=O) groups excluding carboxylic acids is 1. The number of benzene rings is 1. The fourth-order valence-corrected chi connectivity index (χ4v) is 2.63. The number of nitrogens with one attached hydrogen (secondary N) is 2. The van der Waals surface area contributed by atoms with Crippen LogP contribution in [0.4, 0.5) is 11.4 Å². The minimum atomic E-state index is -0.125. The molecule has 3 rings (SSSR count). The molecule has 2 N–H and O–H groups in total. The molecular formula is C16H16N4O2S. The first-order chi connectivity index (χ1) is 11.3. The lowest BCUT2D eigenvalue weighted by molar-refractivity contribution is 0.103. The molecule has 0 aliphatic rings. The molecule has 0 atom stereocenters. The summed E-state index contributed by atoms with van der Waals surface area (Å²) in [5.41, 5.74) is 1.51. The molecule has 0 radical (unpaired) electrons. The molecule has 118 valence electrons. The summed E-state index contributed by atoms with van der Waals surface area (Å²) in [4.78, 5) is 17.1. The third kappa shape index (κ3) is 3.75. The number of carbonyl (C=O) groups is 1. The monoisotopic (exact) mass is 328 g/mol. The number of thiophene rings is 1. The number of anilines is 2. The second kappa shape index (κ2) is 7.06. The van der Waals surface area contributed by atoms with Crippen molar-refractivity contribution >= 4 is 28.6 Å². The van der Waals surface area contributed by atoms with Crippen LogP contribution in [0.15, 0.2) is 46.3 Å². The van der Waals surface area contributed by atoms with Gasteiger partial charge in [-0.2, -0.15) is 4.98 Å². The van der Waals surface area contributed by atoms with E-state index in [0.717, 1.165) is 12.1 Å². The van der Waals surface area contributed by atoms with Gasteiger partial charge in [-0.15, -0.1) is 11.3 Å². The molecule has 0 fully saturated rings. The van der Waals surface area contributed by atoms with Gasteiger partial charge in [-0.1, -0.05) is 30.3 Å². The summed E-state index contributed by atoms with van der Waals surface area (Å²) in [5, 5.41) is 11.8. The van der Waals surface area contributed by atoms with Crippen LogP contribution < -0.4 is 10.6 Å². The van der Waals surface area contributed by atoms with Crippen molar-refractivity contribution in [1.82, 2.24) is 10.1 Å². The number of hydrogen-bond donors (Lipinski definition) is 2. The topological polar surface area (TPSA) is 80.0 Å². The van der Waals surface area contributed by atoms with Crippen molar-refractivity contribution in [3.63, 3.8) is 0 Å². The molecule has 1 amide bonds. The molecule has 23 heavy (non-hydrogen) atoms. The van der Waals surface area contributed by atoms with Gasteiger partial charge in [0.2, 0.25) is 5.89 Å². The lowest BCUT2D eigenvalue weighted by Crippen LogP contribution is -2.12. The van der Waals surface area contributed by atoms with E-state index in [4.69, 9.17) is 4.52 Å². The molecule has 1 aromatic carbocycles. The zero-order valence-electron chi connectivity index (χ0n) is 12.6. The van der Waals surface area contributed by atoms with Crippen LogP contribution in [0.25, 0.3) is 0 Å². The number of aromatic nitrogens is 2. The van der Waals surface area contributed by atoms with Crippen LogP contribution in [-0.4, -0.2) is 16.0 Å². The zero-order chi connectivity index (χ0) is 16.1. The number of hydrogen-bond acceptors (Lipinski definition) is 6. The number of amides is 1. The summed E-state index contributed by atoms with van der Waals surface area (Å²) in [6.07, 6.45) is 0.733. The summed E-state index contributed by atoms with van der Waals surface area (Å²) >= 11 is 1.41. The van der Waals surface area contributed by atoms with E-state index in [1.807, 2.05) is 42.6 Å². The third-order valence-electron chi connectivity index (χ3n) is 3.18. The van der Waals surface area contributed by atoms with Crippen LogP contribution >= 0.6 is 11.3 Å². The Morgan fingerprint density at radius 3 is 2.74 bits per heavy atom. The number of aryl methyl sites for hydroxylation is 1. The van der Waals surface area contributed by atoms with Crippen LogP contribution in [0.3, 0.4) is 0 Å². The molecule has 2 heterocycles. The first kappa shape index (κ1) is 15.2. The van der Waals surface area contributed by atoms with E-state index < -0.39 is 0 Å². The van der Waals surface area contributed by atoms with Gasteiger partial charge in [0, 0.05) is 6.42 Å². The highest BCUT2D eigenvalue weighted by Crippen LogP contribution is 2.23. The van der Waals surface area contributed by atoms with Gasteiger partial charge in [0.15, 0.2) is 5.82 Å². The predicted molar refractivity (Wildman–Crippen MR) is 89.7 cm³/mol. The van der Waals surface area contributed by atoms with Gasteiger partial charge < -0.3 is 15.2 Å². The molecular weight excluding hydrogens is 312 g/mol. The highest BCUT2D eigenvalue weighted by atomic mass is 32.1. The number of rotatable bonds is 6. The normalized spacial score (nSPS) is 10.5. The Balaban J connectivity index is 1.69. The quantitative estimate of drug-likeness (QED) is 0.723. The van der Waals surface area contributed by atoms with Crippen LogP contribution in [0.5, 0.6) is 0 Å². The second-order valence-corrected chi connectivity index (χ2v) is 5.74. The maximum absolute atomic E-state index is 12.2. The number of para-hydroxylation sites is 2. The van der Waals surface area contributed by atoms with E-state index in [1.165, 1.54) is 11.3 Å². The van der Waals surface area contributed by atoms with Crippen molar-refractivity contribution in [1.29, 1.82) is 0 Å². The van der Waals surface area contributed by atoms with Gasteiger partial charge in [0.1, 0.15) is 0 Å². The standard InChI is InChI=1S/C16H16N4O2S/c1-2-14-19-15(22-20-14)10-17-11-6-3-4-7-12(11)18-16(21)13-8-5-9-23-13/h3-9,17H,2,10H2,1H3,(H,18,21). The van der Waals surface area contributed by atoms with Crippen molar-refractivity contribution in [2.45, 2.75) is 19.9 Å². The maximum atomic E-state index is 12.2. The molecule has 3 aromatic rings. The van der Waals surface area contributed by atoms with E-state index in [2.05, 4.69) is 20.8 Å². The first-order valence-corrected chi connectivity index (χ1v) is 8.13. The van der Waals surface area contributed by atoms with Crippen LogP contribution in [0.1, 0.15) is 28.3 Å². The molecule has 7 heteroatoms. The molecule has 0 bridgehead atoms. The molecule has 0 saturated carbocycles. The van der Waals surface area contributed by atoms with Crippen molar-refractivity contribution in [2.75, 3.05) is 10.6 Å². The lowest BCUT2D eigenvalue weighted by atomic mass is 10.2. The third-order valence-corrected chi connectivity index (χ3v) is 4.05. The van der Waals surface area contributed by atoms with Crippen molar-refractivity contribution in [2.24, 2.45) is 0 Å². The van der Waals surface area contributed by atoms with Gasteiger partial charge in [0.05, 0.1) is 22.8 Å². The lowest BCUT2D eigenvalue weighted by Gasteiger charge is -2.11. The predicted octanol–water partition coefficient (Wildman–Crippen LogP) is 3.56. The Morgan fingerprint density at radius 1 is 1.22 bits per heavy atom. The van der Waals surface area contributed by atoms with Crippen LogP contribution in [-0.2, 0) is 13.0 Å². The van der Waals surface area contributed by atoms with E-state index in [0.29, 0.717) is 28.8 Å². The van der Waals surface area contributed by atoms with Gasteiger partial charge in [-0.05, 0) is 23.6 Å². The summed E-state index contributed by atoms with van der Waals surface area (Å²) < 4.78 is 5.15. The van der Waals surface area contributed by atoms with Gasteiger partial charge in [-0.3, -0.25) is 4.79 Å². The van der Waals surface area contributed by atoms with Crippen molar-refractivity contribution < 1.29 is 9.32 Å². The average Bonchev–Trinajstić information content (AvgIpc) is 3.25. The molecule has 0 aliphatic heterocycles. The van der Waals surface area contributed by atoms with E-state index >= 15 is 0 Å². The second-order valence-electron chi connectivity index (χ2n) is 4.79. The first-order valence-electron chi connectivity index (χ1n) is 7.25. The van der Waals surface area contributed by atoms with Gasteiger partial charge in [0.25, 0.3) is 5.91 Å². The van der Waals surface area contributed by atoms with Crippen LogP contribution in [0, 0.1) is 0 Å². The molecule has 0 saturated heterocycles. The van der Waals surface area contributed by atoms with Crippen LogP contribution in [0.2, 0.25) is 0 Å². The molecule has 0 spiro atoms. The Hall–Kier alpha value is -2.67. The Bertz CT molecular complexity index is 783. The Morgan fingerprint density at radius 2 is 2.04 bits per heavy atom. The highest BCUT2D eigenvalue weighted by molar-refractivity contribution is 7.12. The minimum Gasteiger partial charge on any atom is -0.374 e. The largest absolute Gasteiger partial charge is 0.374 e. The minimum absolute atomic E-state index is 0.125. The van der Waals surface area contributed by atoms with Gasteiger partial charge in [-0.25, -0.2) is 0 Å². The van der Waals surface area contributed by atoms with E-state index in [1.54, 1.807) is 6.07 Å². The summed E-state index contributed by atoms with van der Waals surface area (Å²) in [5.74, 6) is 1.07. The highest BCUT2D eigenvalue weighted by Gasteiger charge is 2.10. The summed E-state index contributed by atoms with van der Waals surface area (Å²) in [6.45, 7) is 2.37. The summed E-state index contributed by atoms with van der Waals surface area (Å²) in [6, 6.07) is 11.1. The maximum Gasteiger partial charge on any atom is 0.265 e. The Kier molecular flexibility index (Phi) is 4.68. The fraction of sp³-hybridized carbons (Fsp3) is 0.188. The Labute approximate surface area is 137 Å². The smallest absolute Gasteiger partial charge is 0.265 e. The van der Waals surface area contributed by atoms with E-state index in [9.17, 15) is 4.79 Å². The molecule has 0 aliphatic carbocycles. The van der Waals surface area contributed by atoms with E-state index in [-0.39, 0.29) is 5.91 Å². The average molecular weight is 328 g/mol. The molecule has 0 unspecified atom stereocenters. The molecule has 6 nitrogen and oxygen atoms in total.